The molecule has 1 amide bonds. The Labute approximate surface area is 86.8 Å². The van der Waals surface area contributed by atoms with E-state index in [0.717, 1.165) is 11.0 Å². The lowest BCUT2D eigenvalue weighted by Gasteiger charge is -2.13. The zero-order valence-corrected chi connectivity index (χ0v) is 8.14. The van der Waals surface area contributed by atoms with Crippen molar-refractivity contribution in [3.8, 4) is 17.6 Å². The molecule has 0 saturated heterocycles. The van der Waals surface area contributed by atoms with Crippen molar-refractivity contribution in [3.63, 3.8) is 0 Å². The molecule has 0 aliphatic heterocycles. The molecule has 0 unspecified atom stereocenters. The first-order valence-corrected chi connectivity index (χ1v) is 4.20. The highest BCUT2D eigenvalue weighted by atomic mass is 16.3. The van der Waals surface area contributed by atoms with Crippen molar-refractivity contribution in [2.24, 2.45) is 0 Å². The van der Waals surface area contributed by atoms with E-state index in [0.29, 0.717) is 0 Å². The van der Waals surface area contributed by atoms with E-state index in [2.05, 4.69) is 0 Å². The van der Waals surface area contributed by atoms with Crippen LogP contribution >= 0.6 is 0 Å². The van der Waals surface area contributed by atoms with Crippen LogP contribution < -0.4 is 0 Å². The molecule has 5 heteroatoms. The highest BCUT2D eigenvalue weighted by Gasteiger charge is 2.15. The van der Waals surface area contributed by atoms with Gasteiger partial charge in [0.05, 0.1) is 11.6 Å². The van der Waals surface area contributed by atoms with E-state index in [1.54, 1.807) is 0 Å². The van der Waals surface area contributed by atoms with Gasteiger partial charge in [0.1, 0.15) is 18.0 Å². The van der Waals surface area contributed by atoms with Crippen molar-refractivity contribution < 1.29 is 15.0 Å². The Bertz CT molecular complexity index is 423. The molecule has 0 aliphatic rings. The van der Waals surface area contributed by atoms with Crippen LogP contribution in [0.5, 0.6) is 11.5 Å². The SMILES string of the molecule is CN(CC#N)C(=O)c1cc(O)ccc1O. The first-order chi connectivity index (χ1) is 7.06. The summed E-state index contributed by atoms with van der Waals surface area (Å²) in [5.41, 5.74) is -0.0206. The Balaban J connectivity index is 3.01. The summed E-state index contributed by atoms with van der Waals surface area (Å²) in [6.45, 7) is -0.0755. The molecule has 5 nitrogen and oxygen atoms in total. The second kappa shape index (κ2) is 4.33. The lowest BCUT2D eigenvalue weighted by molar-refractivity contribution is 0.0808. The molecule has 0 atom stereocenters. The normalized spacial score (nSPS) is 9.33. The van der Waals surface area contributed by atoms with Crippen molar-refractivity contribution >= 4 is 5.91 Å². The van der Waals surface area contributed by atoms with E-state index in [-0.39, 0.29) is 23.6 Å². The third-order valence-corrected chi connectivity index (χ3v) is 1.87. The van der Waals surface area contributed by atoms with Crippen molar-refractivity contribution in [2.45, 2.75) is 0 Å². The van der Waals surface area contributed by atoms with Gasteiger partial charge in [-0.25, -0.2) is 0 Å². The monoisotopic (exact) mass is 206 g/mol. The highest BCUT2D eigenvalue weighted by molar-refractivity contribution is 5.97. The van der Waals surface area contributed by atoms with Crippen LogP contribution in [-0.4, -0.2) is 34.6 Å². The fourth-order valence-corrected chi connectivity index (χ4v) is 1.08. The zero-order valence-electron chi connectivity index (χ0n) is 8.14. The minimum atomic E-state index is -0.509. The number of rotatable bonds is 2. The van der Waals surface area contributed by atoms with Crippen LogP contribution in [0.1, 0.15) is 10.4 Å². The number of nitriles is 1. The Morgan fingerprint density at radius 3 is 2.80 bits per heavy atom. The van der Waals surface area contributed by atoms with E-state index in [1.807, 2.05) is 6.07 Å². The molecule has 1 aromatic rings. The molecule has 2 N–H and O–H groups in total. The molecule has 78 valence electrons. The second-order valence-electron chi connectivity index (χ2n) is 3.02. The number of hydrogen-bond donors (Lipinski definition) is 2. The van der Waals surface area contributed by atoms with Crippen molar-refractivity contribution in [2.75, 3.05) is 13.6 Å². The number of benzene rings is 1. The minimum absolute atomic E-state index is 0.0206. The van der Waals surface area contributed by atoms with E-state index in [1.165, 1.54) is 19.2 Å². The van der Waals surface area contributed by atoms with Crippen LogP contribution in [0.2, 0.25) is 0 Å². The fraction of sp³-hybridized carbons (Fsp3) is 0.200. The molecule has 0 heterocycles. The first kappa shape index (κ1) is 10.9. The van der Waals surface area contributed by atoms with Gasteiger partial charge in [-0.05, 0) is 18.2 Å². The smallest absolute Gasteiger partial charge is 0.258 e. The number of carbonyl (C=O) groups excluding carboxylic acids is 1. The Hall–Kier alpha value is -2.22. The Kier molecular flexibility index (Phi) is 3.13. The average molecular weight is 206 g/mol. The lowest BCUT2D eigenvalue weighted by Crippen LogP contribution is -2.26. The number of amides is 1. The van der Waals surface area contributed by atoms with E-state index < -0.39 is 5.91 Å². The average Bonchev–Trinajstić information content (AvgIpc) is 2.21. The van der Waals surface area contributed by atoms with Crippen LogP contribution in [0.3, 0.4) is 0 Å². The maximum atomic E-state index is 11.6. The van der Waals surface area contributed by atoms with Gasteiger partial charge in [0.15, 0.2) is 0 Å². The molecule has 0 radical (unpaired) electrons. The molecule has 0 bridgehead atoms. The summed E-state index contributed by atoms with van der Waals surface area (Å²) in [7, 11) is 1.44. The van der Waals surface area contributed by atoms with Crippen LogP contribution in [0.15, 0.2) is 18.2 Å². The summed E-state index contributed by atoms with van der Waals surface area (Å²) in [5, 5.41) is 26.9. The molecule has 0 aliphatic carbocycles. The van der Waals surface area contributed by atoms with Gasteiger partial charge in [0.2, 0.25) is 0 Å². The standard InChI is InChI=1S/C10H10N2O3/c1-12(5-4-11)10(15)8-6-7(13)2-3-9(8)14/h2-3,6,13-14H,5H2,1H3. The highest BCUT2D eigenvalue weighted by Crippen LogP contribution is 2.22. The molecule has 0 aromatic heterocycles. The van der Waals surface area contributed by atoms with E-state index >= 15 is 0 Å². The van der Waals surface area contributed by atoms with Crippen LogP contribution in [0.25, 0.3) is 0 Å². The molecule has 0 spiro atoms. The number of aromatic hydroxyl groups is 2. The predicted octanol–water partition coefficient (Wildman–Crippen LogP) is 0.693. The topological polar surface area (TPSA) is 84.6 Å². The predicted molar refractivity (Wildman–Crippen MR) is 52.3 cm³/mol. The second-order valence-corrected chi connectivity index (χ2v) is 3.02. The molecule has 15 heavy (non-hydrogen) atoms. The van der Waals surface area contributed by atoms with Gasteiger partial charge in [-0.1, -0.05) is 0 Å². The summed E-state index contributed by atoms with van der Waals surface area (Å²) in [5.74, 6) is -0.839. The largest absolute Gasteiger partial charge is 0.508 e. The lowest BCUT2D eigenvalue weighted by atomic mass is 10.1. The third kappa shape index (κ3) is 2.38. The van der Waals surface area contributed by atoms with Gasteiger partial charge >= 0.3 is 0 Å². The Morgan fingerprint density at radius 1 is 1.53 bits per heavy atom. The molecule has 0 fully saturated rings. The van der Waals surface area contributed by atoms with E-state index in [4.69, 9.17) is 10.4 Å². The quantitative estimate of drug-likeness (QED) is 0.550. The summed E-state index contributed by atoms with van der Waals surface area (Å²) in [6, 6.07) is 5.47. The summed E-state index contributed by atoms with van der Waals surface area (Å²) >= 11 is 0. The maximum Gasteiger partial charge on any atom is 0.258 e. The van der Waals surface area contributed by atoms with Crippen LogP contribution in [-0.2, 0) is 0 Å². The number of phenolic OH excluding ortho intramolecular Hbond substituents is 2. The van der Waals surface area contributed by atoms with Gasteiger partial charge in [0.25, 0.3) is 5.91 Å². The number of nitrogens with zero attached hydrogens (tertiary/aromatic N) is 2. The van der Waals surface area contributed by atoms with Gasteiger partial charge in [0, 0.05) is 7.05 Å². The molecule has 1 aromatic carbocycles. The number of hydrogen-bond acceptors (Lipinski definition) is 4. The third-order valence-electron chi connectivity index (χ3n) is 1.87. The van der Waals surface area contributed by atoms with Gasteiger partial charge in [-0.2, -0.15) is 5.26 Å². The molecular weight excluding hydrogens is 196 g/mol. The van der Waals surface area contributed by atoms with Crippen molar-refractivity contribution in [1.29, 1.82) is 5.26 Å². The molecular formula is C10H10N2O3. The first-order valence-electron chi connectivity index (χ1n) is 4.20. The number of phenols is 2. The number of carbonyl (C=O) groups is 1. The van der Waals surface area contributed by atoms with Crippen molar-refractivity contribution in [1.82, 2.24) is 4.90 Å². The van der Waals surface area contributed by atoms with Gasteiger partial charge in [-0.3, -0.25) is 4.79 Å². The minimum Gasteiger partial charge on any atom is -0.508 e. The van der Waals surface area contributed by atoms with Crippen LogP contribution in [0.4, 0.5) is 0 Å². The van der Waals surface area contributed by atoms with E-state index in [9.17, 15) is 9.90 Å². The van der Waals surface area contributed by atoms with Crippen LogP contribution in [0, 0.1) is 11.3 Å². The summed E-state index contributed by atoms with van der Waals surface area (Å²) < 4.78 is 0. The zero-order chi connectivity index (χ0) is 11.4. The maximum absolute atomic E-state index is 11.6. The fourth-order valence-electron chi connectivity index (χ4n) is 1.08. The van der Waals surface area contributed by atoms with Gasteiger partial charge < -0.3 is 15.1 Å². The molecule has 0 saturated carbocycles. The van der Waals surface area contributed by atoms with Crippen molar-refractivity contribution in [3.05, 3.63) is 23.8 Å². The van der Waals surface area contributed by atoms with Gasteiger partial charge in [-0.15, -0.1) is 0 Å². The summed E-state index contributed by atoms with van der Waals surface area (Å²) in [4.78, 5) is 12.8. The molecule has 1 rings (SSSR count). The Morgan fingerprint density at radius 2 is 2.20 bits per heavy atom. The summed E-state index contributed by atoms with van der Waals surface area (Å²) in [6.07, 6.45) is 0.